The number of benzene rings is 1. The number of hydrogen-bond acceptors (Lipinski definition) is 5. The Morgan fingerprint density at radius 3 is 2.73 bits per heavy atom. The van der Waals surface area contributed by atoms with Crippen molar-refractivity contribution < 1.29 is 17.6 Å². The van der Waals surface area contributed by atoms with Gasteiger partial charge in [0.2, 0.25) is 15.9 Å². The lowest BCUT2D eigenvalue weighted by Gasteiger charge is -2.30. The van der Waals surface area contributed by atoms with Crippen molar-refractivity contribution in [3.63, 3.8) is 0 Å². The van der Waals surface area contributed by atoms with Crippen molar-refractivity contribution in [3.05, 3.63) is 36.4 Å². The van der Waals surface area contributed by atoms with Crippen LogP contribution < -0.4 is 5.73 Å². The molecule has 30 heavy (non-hydrogen) atoms. The van der Waals surface area contributed by atoms with Gasteiger partial charge in [-0.15, -0.1) is 0 Å². The van der Waals surface area contributed by atoms with Gasteiger partial charge >= 0.3 is 0 Å². The zero-order valence-corrected chi connectivity index (χ0v) is 18.4. The number of sulfonamides is 1. The normalized spacial score (nSPS) is 19.8. The summed E-state index contributed by atoms with van der Waals surface area (Å²) in [4.78, 5) is 18.1. The van der Waals surface area contributed by atoms with Crippen molar-refractivity contribution in [2.45, 2.75) is 50.6 Å². The fourth-order valence-corrected chi connectivity index (χ4v) is 5.93. The molecule has 2 aromatic rings. The molecule has 1 aliphatic heterocycles. The summed E-state index contributed by atoms with van der Waals surface area (Å²) in [5.41, 5.74) is 6.07. The highest BCUT2D eigenvalue weighted by atomic mass is 32.2. The minimum atomic E-state index is -3.98. The molecule has 0 saturated carbocycles. The number of carbonyl (C=O) groups is 1. The second-order valence-corrected chi connectivity index (χ2v) is 10.2. The average Bonchev–Trinajstić information content (AvgIpc) is 2.88. The molecule has 1 aliphatic rings. The van der Waals surface area contributed by atoms with Crippen LogP contribution in [0.4, 0.5) is 4.39 Å². The van der Waals surface area contributed by atoms with Gasteiger partial charge in [0.25, 0.3) is 0 Å². The molecule has 1 fully saturated rings. The number of pyridine rings is 1. The Balaban J connectivity index is 1.89. The van der Waals surface area contributed by atoms with E-state index >= 15 is 0 Å². The van der Waals surface area contributed by atoms with E-state index in [0.717, 1.165) is 6.20 Å². The highest BCUT2D eigenvalue weighted by Crippen LogP contribution is 2.29. The summed E-state index contributed by atoms with van der Waals surface area (Å²) >= 11 is 0. The lowest BCUT2D eigenvalue weighted by atomic mass is 10.0. The maximum atomic E-state index is 14.5. The molecule has 164 valence electrons. The van der Waals surface area contributed by atoms with Crippen LogP contribution in [-0.2, 0) is 14.8 Å². The first-order valence-electron chi connectivity index (χ1n) is 10.2. The zero-order chi connectivity index (χ0) is 22.1. The minimum Gasteiger partial charge on any atom is -0.340 e. The standard InChI is InChI=1S/C21H29FN4O3S/c1-14(2)10-18(23)21(27)25-8-5-9-26(15(3)13-25)30(28,29)19-7-4-6-16-11-24-12-17(22)20(16)19/h4,6-7,11-12,14-15,18H,5,8-10,13,23H2,1-3H3/t15-,18-/m0/s1. The summed E-state index contributed by atoms with van der Waals surface area (Å²) in [7, 11) is -3.98. The molecule has 0 spiro atoms. The van der Waals surface area contributed by atoms with Gasteiger partial charge in [-0.1, -0.05) is 26.0 Å². The smallest absolute Gasteiger partial charge is 0.244 e. The van der Waals surface area contributed by atoms with Crippen LogP contribution in [0.2, 0.25) is 0 Å². The molecule has 0 radical (unpaired) electrons. The first kappa shape index (κ1) is 22.6. The molecule has 3 rings (SSSR count). The van der Waals surface area contributed by atoms with Gasteiger partial charge in [0.1, 0.15) is 0 Å². The Morgan fingerprint density at radius 2 is 2.03 bits per heavy atom. The Bertz CT molecular complexity index is 1020. The van der Waals surface area contributed by atoms with E-state index in [-0.39, 0.29) is 29.3 Å². The third-order valence-electron chi connectivity index (χ3n) is 5.42. The van der Waals surface area contributed by atoms with E-state index in [2.05, 4.69) is 4.98 Å². The van der Waals surface area contributed by atoms with Gasteiger partial charge in [0.15, 0.2) is 5.82 Å². The molecule has 1 aromatic carbocycles. The molecular weight excluding hydrogens is 407 g/mol. The lowest BCUT2D eigenvalue weighted by Crippen LogP contribution is -2.48. The number of nitrogens with zero attached hydrogens (tertiary/aromatic N) is 3. The number of rotatable bonds is 5. The van der Waals surface area contributed by atoms with Crippen LogP contribution in [0, 0.1) is 11.7 Å². The monoisotopic (exact) mass is 436 g/mol. The minimum absolute atomic E-state index is 0.0378. The maximum absolute atomic E-state index is 14.5. The van der Waals surface area contributed by atoms with E-state index in [1.165, 1.54) is 16.6 Å². The van der Waals surface area contributed by atoms with Gasteiger partial charge in [0.05, 0.1) is 17.1 Å². The maximum Gasteiger partial charge on any atom is 0.244 e. The highest BCUT2D eigenvalue weighted by molar-refractivity contribution is 7.89. The number of amides is 1. The molecule has 2 N–H and O–H groups in total. The molecule has 1 saturated heterocycles. The summed E-state index contributed by atoms with van der Waals surface area (Å²) in [6, 6.07) is 3.57. The second kappa shape index (κ2) is 8.95. The van der Waals surface area contributed by atoms with Gasteiger partial charge in [-0.3, -0.25) is 9.78 Å². The molecular formula is C21H29FN4O3S. The Morgan fingerprint density at radius 1 is 1.30 bits per heavy atom. The van der Waals surface area contributed by atoms with E-state index in [1.54, 1.807) is 24.0 Å². The third kappa shape index (κ3) is 4.48. The second-order valence-electron chi connectivity index (χ2n) is 8.31. The molecule has 2 atom stereocenters. The Labute approximate surface area is 177 Å². The van der Waals surface area contributed by atoms with Crippen molar-refractivity contribution in [1.82, 2.24) is 14.2 Å². The first-order chi connectivity index (χ1) is 14.1. The third-order valence-corrected chi connectivity index (χ3v) is 7.48. The van der Waals surface area contributed by atoms with Gasteiger partial charge in [-0.2, -0.15) is 4.31 Å². The summed E-state index contributed by atoms with van der Waals surface area (Å²) in [5.74, 6) is -0.538. The number of nitrogens with two attached hydrogens (primary N) is 1. The summed E-state index contributed by atoms with van der Waals surface area (Å²) in [6.07, 6.45) is 3.52. The van der Waals surface area contributed by atoms with Gasteiger partial charge < -0.3 is 10.6 Å². The molecule has 2 heterocycles. The number of fused-ring (bicyclic) bond motifs is 1. The molecule has 9 heteroatoms. The number of hydrogen-bond donors (Lipinski definition) is 1. The van der Waals surface area contributed by atoms with E-state index in [9.17, 15) is 17.6 Å². The molecule has 1 amide bonds. The molecule has 0 unspecified atom stereocenters. The van der Waals surface area contributed by atoms with Crippen LogP contribution in [0.25, 0.3) is 10.8 Å². The first-order valence-corrected chi connectivity index (χ1v) is 11.7. The number of carbonyl (C=O) groups excluding carboxylic acids is 1. The molecule has 1 aromatic heterocycles. The quantitative estimate of drug-likeness (QED) is 0.776. The van der Waals surface area contributed by atoms with Crippen LogP contribution in [0.5, 0.6) is 0 Å². The predicted molar refractivity (Wildman–Crippen MR) is 114 cm³/mol. The SMILES string of the molecule is CC(C)C[C@H](N)C(=O)N1CCCN(S(=O)(=O)c2cccc3cncc(F)c23)[C@@H](C)C1. The fourth-order valence-electron chi connectivity index (χ4n) is 4.04. The van der Waals surface area contributed by atoms with Crippen LogP contribution >= 0.6 is 0 Å². The Kier molecular flexibility index (Phi) is 6.74. The highest BCUT2D eigenvalue weighted by Gasteiger charge is 2.35. The molecule has 0 aliphatic carbocycles. The number of halogens is 1. The van der Waals surface area contributed by atoms with Crippen LogP contribution in [-0.4, -0.2) is 60.2 Å². The van der Waals surface area contributed by atoms with Crippen molar-refractivity contribution in [1.29, 1.82) is 0 Å². The van der Waals surface area contributed by atoms with E-state index < -0.39 is 27.9 Å². The van der Waals surface area contributed by atoms with Crippen LogP contribution in [0.15, 0.2) is 35.5 Å². The summed E-state index contributed by atoms with van der Waals surface area (Å²) < 4.78 is 42.8. The van der Waals surface area contributed by atoms with Gasteiger partial charge in [-0.25, -0.2) is 12.8 Å². The average molecular weight is 437 g/mol. The topological polar surface area (TPSA) is 96.6 Å². The van der Waals surface area contributed by atoms with E-state index in [1.807, 2.05) is 13.8 Å². The Hall–Kier alpha value is -2.10. The summed E-state index contributed by atoms with van der Waals surface area (Å²) in [5, 5.41) is 0.464. The largest absolute Gasteiger partial charge is 0.340 e. The zero-order valence-electron chi connectivity index (χ0n) is 17.6. The van der Waals surface area contributed by atoms with Crippen molar-refractivity contribution in [3.8, 4) is 0 Å². The van der Waals surface area contributed by atoms with Gasteiger partial charge in [0, 0.05) is 42.6 Å². The fraction of sp³-hybridized carbons (Fsp3) is 0.524. The predicted octanol–water partition coefficient (Wildman–Crippen LogP) is 2.36. The molecule has 0 bridgehead atoms. The van der Waals surface area contributed by atoms with Crippen molar-refractivity contribution in [2.75, 3.05) is 19.6 Å². The summed E-state index contributed by atoms with van der Waals surface area (Å²) in [6.45, 7) is 6.71. The lowest BCUT2D eigenvalue weighted by molar-refractivity contribution is -0.133. The number of aromatic nitrogens is 1. The van der Waals surface area contributed by atoms with Crippen molar-refractivity contribution in [2.24, 2.45) is 11.7 Å². The van der Waals surface area contributed by atoms with Crippen molar-refractivity contribution >= 4 is 26.7 Å². The van der Waals surface area contributed by atoms with Gasteiger partial charge in [-0.05, 0) is 31.7 Å². The van der Waals surface area contributed by atoms with Crippen LogP contribution in [0.1, 0.15) is 33.6 Å². The van der Waals surface area contributed by atoms with Crippen LogP contribution in [0.3, 0.4) is 0 Å². The molecule has 7 nitrogen and oxygen atoms in total. The van der Waals surface area contributed by atoms with E-state index in [4.69, 9.17) is 5.73 Å². The van der Waals surface area contributed by atoms with E-state index in [0.29, 0.717) is 30.7 Å².